The van der Waals surface area contributed by atoms with Crippen molar-refractivity contribution in [3.05, 3.63) is 29.8 Å². The summed E-state index contributed by atoms with van der Waals surface area (Å²) in [7, 11) is 0. The van der Waals surface area contributed by atoms with Crippen molar-refractivity contribution in [3.8, 4) is 18.2 Å². The highest BCUT2D eigenvalue weighted by atomic mass is 32.2. The molecule has 2 saturated heterocycles. The van der Waals surface area contributed by atoms with Gasteiger partial charge >= 0.3 is 0 Å². The summed E-state index contributed by atoms with van der Waals surface area (Å²) < 4.78 is 12.2. The summed E-state index contributed by atoms with van der Waals surface area (Å²) in [6.45, 7) is 0. The van der Waals surface area contributed by atoms with Crippen molar-refractivity contribution in [2.75, 3.05) is 6.26 Å². The number of nitrogens with zero attached hydrogens (tertiary/aromatic N) is 3. The Morgan fingerprint density at radius 1 is 1.11 bits per heavy atom. The number of benzene rings is 1. The number of nitrogens with one attached hydrogen (secondary N) is 1. The Labute approximate surface area is 162 Å². The van der Waals surface area contributed by atoms with Gasteiger partial charge in [-0.15, -0.1) is 11.8 Å². The molecule has 2 aliphatic heterocycles. The minimum Gasteiger partial charge on any atom is -0.447 e. The first kappa shape index (κ1) is 17.9. The molecule has 27 heavy (non-hydrogen) atoms. The summed E-state index contributed by atoms with van der Waals surface area (Å²) >= 11 is 1.59. The summed E-state index contributed by atoms with van der Waals surface area (Å²) in [6, 6.07) is 13.8. The van der Waals surface area contributed by atoms with Crippen LogP contribution in [0.15, 0.2) is 29.2 Å². The number of rotatable bonds is 2. The molecule has 2 heterocycles. The van der Waals surface area contributed by atoms with Gasteiger partial charge in [-0.25, -0.2) is 0 Å². The van der Waals surface area contributed by atoms with E-state index in [9.17, 15) is 15.8 Å². The van der Waals surface area contributed by atoms with E-state index in [1.165, 1.54) is 0 Å². The van der Waals surface area contributed by atoms with Crippen LogP contribution in [0.5, 0.6) is 0 Å². The van der Waals surface area contributed by atoms with E-state index in [2.05, 4.69) is 18.2 Å². The monoisotopic (exact) mass is 378 g/mol. The molecule has 1 aliphatic carbocycles. The average molecular weight is 378 g/mol. The van der Waals surface area contributed by atoms with Crippen LogP contribution >= 0.6 is 11.8 Å². The van der Waals surface area contributed by atoms with Crippen molar-refractivity contribution < 1.29 is 9.47 Å². The molecule has 2 bridgehead atoms. The molecule has 1 saturated carbocycles. The summed E-state index contributed by atoms with van der Waals surface area (Å²) in [6.07, 6.45) is 3.87. The number of thioether (sulfide) groups is 1. The predicted molar refractivity (Wildman–Crippen MR) is 97.3 cm³/mol. The largest absolute Gasteiger partial charge is 0.447 e. The molecule has 0 amide bonds. The van der Waals surface area contributed by atoms with Gasteiger partial charge in [-0.05, 0) is 36.8 Å². The molecule has 0 radical (unpaired) electrons. The van der Waals surface area contributed by atoms with Crippen LogP contribution in [0.25, 0.3) is 0 Å². The zero-order chi connectivity index (χ0) is 19.3. The fraction of sp³-hybridized carbons (Fsp3) is 0.500. The van der Waals surface area contributed by atoms with E-state index in [1.807, 2.05) is 30.5 Å². The summed E-state index contributed by atoms with van der Waals surface area (Å²) in [5, 5.41) is 38.9. The zero-order valence-corrected chi connectivity index (χ0v) is 15.7. The van der Waals surface area contributed by atoms with Crippen LogP contribution in [0.1, 0.15) is 37.4 Å². The van der Waals surface area contributed by atoms with Crippen LogP contribution in [0, 0.1) is 56.2 Å². The molecule has 4 rings (SSSR count). The Morgan fingerprint density at radius 2 is 1.81 bits per heavy atom. The second kappa shape index (κ2) is 5.99. The Balaban J connectivity index is 1.95. The lowest BCUT2D eigenvalue weighted by molar-refractivity contribution is -0.294. The number of nitriles is 3. The van der Waals surface area contributed by atoms with Crippen LogP contribution in [-0.2, 0) is 9.47 Å². The molecular formula is C20H18N4O2S. The van der Waals surface area contributed by atoms with E-state index in [-0.39, 0.29) is 5.90 Å². The first-order chi connectivity index (χ1) is 13.0. The SMILES string of the molecule is CSc1ccc([C@H]2O[C@@]34CCCC[C@H]3[C@@](C#N)(C(=N)O4)C2(C#N)C#N)cc1. The van der Waals surface area contributed by atoms with Crippen LogP contribution in [-0.4, -0.2) is 17.9 Å². The highest BCUT2D eigenvalue weighted by Crippen LogP contribution is 2.69. The van der Waals surface area contributed by atoms with Crippen molar-refractivity contribution in [2.24, 2.45) is 16.7 Å². The van der Waals surface area contributed by atoms with Gasteiger partial charge < -0.3 is 9.47 Å². The first-order valence-electron chi connectivity index (χ1n) is 8.87. The molecule has 0 aromatic heterocycles. The number of ether oxygens (including phenoxy) is 2. The van der Waals surface area contributed by atoms with Gasteiger partial charge in [-0.3, -0.25) is 5.41 Å². The lowest BCUT2D eigenvalue weighted by Crippen LogP contribution is -2.60. The van der Waals surface area contributed by atoms with E-state index in [0.29, 0.717) is 18.4 Å². The molecule has 136 valence electrons. The van der Waals surface area contributed by atoms with E-state index in [4.69, 9.17) is 14.9 Å². The molecule has 1 aromatic carbocycles. The third-order valence-corrected chi connectivity index (χ3v) is 6.98. The molecular weight excluding hydrogens is 360 g/mol. The van der Waals surface area contributed by atoms with Gasteiger partial charge in [0.1, 0.15) is 6.10 Å². The normalized spacial score (nSPS) is 35.9. The Hall–Kier alpha value is -2.53. The maximum Gasteiger partial charge on any atom is 0.217 e. The lowest BCUT2D eigenvalue weighted by atomic mass is 9.51. The minimum atomic E-state index is -1.85. The number of hydrogen-bond donors (Lipinski definition) is 1. The van der Waals surface area contributed by atoms with Crippen molar-refractivity contribution in [1.82, 2.24) is 0 Å². The first-order valence-corrected chi connectivity index (χ1v) is 10.1. The molecule has 1 aromatic rings. The van der Waals surface area contributed by atoms with Gasteiger partial charge in [-0.1, -0.05) is 18.6 Å². The lowest BCUT2D eigenvalue weighted by Gasteiger charge is -2.51. The summed E-state index contributed by atoms with van der Waals surface area (Å²) in [4.78, 5) is 1.05. The van der Waals surface area contributed by atoms with Crippen molar-refractivity contribution in [1.29, 1.82) is 21.2 Å². The van der Waals surface area contributed by atoms with Gasteiger partial charge in [0.25, 0.3) is 0 Å². The van der Waals surface area contributed by atoms with E-state index in [1.54, 1.807) is 11.8 Å². The second-order valence-corrected chi connectivity index (χ2v) is 8.14. The zero-order valence-electron chi connectivity index (χ0n) is 14.9. The van der Waals surface area contributed by atoms with Crippen LogP contribution < -0.4 is 0 Å². The summed E-state index contributed by atoms with van der Waals surface area (Å²) in [5.74, 6) is -1.90. The van der Waals surface area contributed by atoms with Gasteiger partial charge in [0.2, 0.25) is 17.1 Å². The standard InChI is InChI=1S/C20H18N4O2S/c1-27-14-7-5-13(6-8-14)16-18(10-21,11-22)19(12-23)15-4-2-3-9-20(15,25-16)26-17(19)24/h5-8,15-16,24H,2-4,9H2,1H3/t15-,16+,19-,20+/m0/s1. The molecule has 4 atom stereocenters. The molecule has 1 N–H and O–H groups in total. The molecule has 0 unspecified atom stereocenters. The number of hydrogen-bond acceptors (Lipinski definition) is 7. The van der Waals surface area contributed by atoms with Crippen molar-refractivity contribution in [3.63, 3.8) is 0 Å². The van der Waals surface area contributed by atoms with Crippen molar-refractivity contribution in [2.45, 2.75) is 42.5 Å². The quantitative estimate of drug-likeness (QED) is 0.780. The minimum absolute atomic E-state index is 0.303. The Kier molecular flexibility index (Phi) is 3.96. The van der Waals surface area contributed by atoms with Crippen LogP contribution in [0.4, 0.5) is 0 Å². The van der Waals surface area contributed by atoms with E-state index >= 15 is 0 Å². The van der Waals surface area contributed by atoms with E-state index < -0.39 is 28.6 Å². The predicted octanol–water partition coefficient (Wildman–Crippen LogP) is 3.92. The van der Waals surface area contributed by atoms with Gasteiger partial charge in [0, 0.05) is 11.3 Å². The third-order valence-electron chi connectivity index (χ3n) is 6.23. The van der Waals surface area contributed by atoms with Gasteiger partial charge in [0.05, 0.1) is 24.1 Å². The highest BCUT2D eigenvalue weighted by molar-refractivity contribution is 7.98. The smallest absolute Gasteiger partial charge is 0.217 e. The van der Waals surface area contributed by atoms with Gasteiger partial charge in [-0.2, -0.15) is 15.8 Å². The fourth-order valence-electron chi connectivity index (χ4n) is 4.94. The second-order valence-electron chi connectivity index (χ2n) is 7.26. The maximum atomic E-state index is 10.2. The molecule has 6 nitrogen and oxygen atoms in total. The fourth-order valence-corrected chi connectivity index (χ4v) is 5.35. The highest BCUT2D eigenvalue weighted by Gasteiger charge is 2.80. The van der Waals surface area contributed by atoms with Crippen LogP contribution in [0.3, 0.4) is 0 Å². The van der Waals surface area contributed by atoms with Crippen LogP contribution in [0.2, 0.25) is 0 Å². The molecule has 0 spiro atoms. The Bertz CT molecular complexity index is 911. The molecule has 3 fully saturated rings. The topological polar surface area (TPSA) is 114 Å². The summed E-state index contributed by atoms with van der Waals surface area (Å²) in [5.41, 5.74) is -2.82. The maximum absolute atomic E-state index is 10.2. The third kappa shape index (κ3) is 2.00. The molecule has 7 heteroatoms. The van der Waals surface area contributed by atoms with E-state index in [0.717, 1.165) is 17.7 Å². The average Bonchev–Trinajstić information content (AvgIpc) is 2.92. The van der Waals surface area contributed by atoms with Crippen molar-refractivity contribution >= 4 is 17.7 Å². The molecule has 3 aliphatic rings. The Morgan fingerprint density at radius 3 is 2.41 bits per heavy atom. The van der Waals surface area contributed by atoms with Gasteiger partial charge in [0.15, 0.2) is 5.41 Å².